The number of nitrogens with one attached hydrogen (secondary N) is 1. The van der Waals surface area contributed by atoms with Crippen LogP contribution >= 0.6 is 11.6 Å². The quantitative estimate of drug-likeness (QED) is 0.860. The standard InChI is InChI=1S/C11H16ClN7O/c1-4-20-11(2,3)5-14-9-16-8(12)17-10(18-9)19-7-13-6-15-19/h6-7H,4-5H2,1-3H3,(H,14,16,17,18). The van der Waals surface area contributed by atoms with Crippen LogP contribution in [-0.4, -0.2) is 48.5 Å². The highest BCUT2D eigenvalue weighted by Crippen LogP contribution is 2.12. The Morgan fingerprint density at radius 3 is 2.80 bits per heavy atom. The third-order valence-electron chi connectivity index (χ3n) is 2.43. The Balaban J connectivity index is 2.13. The third-order valence-corrected chi connectivity index (χ3v) is 2.60. The second kappa shape index (κ2) is 6.10. The van der Waals surface area contributed by atoms with Crippen molar-refractivity contribution >= 4 is 17.5 Å². The first-order chi connectivity index (χ1) is 9.50. The molecule has 9 heteroatoms. The van der Waals surface area contributed by atoms with Gasteiger partial charge in [0.25, 0.3) is 5.95 Å². The molecule has 0 amide bonds. The Morgan fingerprint density at radius 1 is 1.35 bits per heavy atom. The zero-order valence-electron chi connectivity index (χ0n) is 11.5. The second-order valence-corrected chi connectivity index (χ2v) is 4.95. The Hall–Kier alpha value is -1.80. The average molecular weight is 298 g/mol. The Labute approximate surface area is 121 Å². The van der Waals surface area contributed by atoms with Gasteiger partial charge in [0.1, 0.15) is 12.7 Å². The number of aromatic nitrogens is 6. The van der Waals surface area contributed by atoms with Gasteiger partial charge in [0, 0.05) is 13.2 Å². The summed E-state index contributed by atoms with van der Waals surface area (Å²) in [5.41, 5.74) is -0.332. The van der Waals surface area contributed by atoms with Gasteiger partial charge in [-0.25, -0.2) is 4.98 Å². The molecule has 0 aliphatic rings. The Bertz CT molecular complexity index is 558. The summed E-state index contributed by atoms with van der Waals surface area (Å²) >= 11 is 5.88. The molecule has 20 heavy (non-hydrogen) atoms. The lowest BCUT2D eigenvalue weighted by molar-refractivity contribution is 0.000577. The van der Waals surface area contributed by atoms with Crippen molar-refractivity contribution in [1.82, 2.24) is 29.7 Å². The van der Waals surface area contributed by atoms with Gasteiger partial charge in [0.05, 0.1) is 5.60 Å². The van der Waals surface area contributed by atoms with E-state index >= 15 is 0 Å². The highest BCUT2D eigenvalue weighted by Gasteiger charge is 2.18. The van der Waals surface area contributed by atoms with E-state index in [9.17, 15) is 0 Å². The van der Waals surface area contributed by atoms with Gasteiger partial charge in [-0.2, -0.15) is 24.7 Å². The predicted molar refractivity (Wildman–Crippen MR) is 73.9 cm³/mol. The summed E-state index contributed by atoms with van der Waals surface area (Å²) in [5, 5.41) is 7.11. The fourth-order valence-electron chi connectivity index (χ4n) is 1.57. The molecule has 0 bridgehead atoms. The van der Waals surface area contributed by atoms with Crippen molar-refractivity contribution in [3.05, 3.63) is 17.9 Å². The molecule has 8 nitrogen and oxygen atoms in total. The van der Waals surface area contributed by atoms with E-state index in [0.717, 1.165) is 0 Å². The highest BCUT2D eigenvalue weighted by atomic mass is 35.5. The minimum Gasteiger partial charge on any atom is -0.374 e. The van der Waals surface area contributed by atoms with Gasteiger partial charge < -0.3 is 10.1 Å². The predicted octanol–water partition coefficient (Wildman–Crippen LogP) is 1.33. The van der Waals surface area contributed by atoms with Crippen molar-refractivity contribution in [3.63, 3.8) is 0 Å². The molecular weight excluding hydrogens is 282 g/mol. The van der Waals surface area contributed by atoms with Crippen LogP contribution < -0.4 is 5.32 Å². The maximum Gasteiger partial charge on any atom is 0.258 e. The van der Waals surface area contributed by atoms with Crippen molar-refractivity contribution in [3.8, 4) is 5.95 Å². The number of ether oxygens (including phenoxy) is 1. The van der Waals surface area contributed by atoms with Crippen molar-refractivity contribution in [1.29, 1.82) is 0 Å². The topological polar surface area (TPSA) is 90.6 Å². The molecule has 2 aromatic heterocycles. The lowest BCUT2D eigenvalue weighted by Gasteiger charge is -2.24. The maximum atomic E-state index is 5.88. The molecule has 2 heterocycles. The van der Waals surface area contributed by atoms with Crippen LogP contribution in [-0.2, 0) is 4.74 Å². The minimum absolute atomic E-state index is 0.0854. The van der Waals surface area contributed by atoms with Crippen LogP contribution in [0.1, 0.15) is 20.8 Å². The van der Waals surface area contributed by atoms with Crippen molar-refractivity contribution in [2.75, 3.05) is 18.5 Å². The summed E-state index contributed by atoms with van der Waals surface area (Å²) in [6.45, 7) is 7.08. The smallest absolute Gasteiger partial charge is 0.258 e. The lowest BCUT2D eigenvalue weighted by Crippen LogP contribution is -2.34. The van der Waals surface area contributed by atoms with E-state index < -0.39 is 0 Å². The van der Waals surface area contributed by atoms with Crippen LogP contribution in [0.25, 0.3) is 5.95 Å². The first kappa shape index (κ1) is 14.6. The zero-order chi connectivity index (χ0) is 14.6. The zero-order valence-corrected chi connectivity index (χ0v) is 12.3. The molecule has 0 spiro atoms. The largest absolute Gasteiger partial charge is 0.374 e. The molecule has 0 aliphatic heterocycles. The molecule has 2 aromatic rings. The molecule has 0 saturated carbocycles. The Kier molecular flexibility index (Phi) is 4.46. The van der Waals surface area contributed by atoms with Gasteiger partial charge in [-0.15, -0.1) is 0 Å². The van der Waals surface area contributed by atoms with E-state index in [1.807, 2.05) is 20.8 Å². The van der Waals surface area contributed by atoms with E-state index in [-0.39, 0.29) is 10.9 Å². The minimum atomic E-state index is -0.332. The molecule has 1 N–H and O–H groups in total. The maximum absolute atomic E-state index is 5.88. The van der Waals surface area contributed by atoms with E-state index in [4.69, 9.17) is 16.3 Å². The molecule has 2 rings (SSSR count). The monoisotopic (exact) mass is 297 g/mol. The van der Waals surface area contributed by atoms with Gasteiger partial charge in [0.15, 0.2) is 0 Å². The van der Waals surface area contributed by atoms with Crippen molar-refractivity contribution < 1.29 is 4.74 Å². The van der Waals surface area contributed by atoms with Gasteiger partial charge in [-0.3, -0.25) is 0 Å². The average Bonchev–Trinajstić information content (AvgIpc) is 2.90. The van der Waals surface area contributed by atoms with Gasteiger partial charge >= 0.3 is 0 Å². The van der Waals surface area contributed by atoms with Crippen LogP contribution in [0, 0.1) is 0 Å². The molecule has 0 radical (unpaired) electrons. The highest BCUT2D eigenvalue weighted by molar-refractivity contribution is 6.28. The van der Waals surface area contributed by atoms with Crippen molar-refractivity contribution in [2.24, 2.45) is 0 Å². The summed E-state index contributed by atoms with van der Waals surface area (Å²) in [6, 6.07) is 0. The SMILES string of the molecule is CCOC(C)(C)CNc1nc(Cl)nc(-n2cncn2)n1. The molecular formula is C11H16ClN7O. The summed E-state index contributed by atoms with van der Waals surface area (Å²) in [5.74, 6) is 0.669. The summed E-state index contributed by atoms with van der Waals surface area (Å²) in [7, 11) is 0. The molecule has 0 saturated heterocycles. The molecule has 0 aromatic carbocycles. The molecule has 108 valence electrons. The molecule has 0 unspecified atom stereocenters. The number of hydrogen-bond donors (Lipinski definition) is 1. The Morgan fingerprint density at radius 2 is 2.15 bits per heavy atom. The summed E-state index contributed by atoms with van der Waals surface area (Å²) < 4.78 is 7.00. The normalized spacial score (nSPS) is 11.6. The van der Waals surface area contributed by atoms with Crippen LogP contribution in [0.5, 0.6) is 0 Å². The summed E-state index contributed by atoms with van der Waals surface area (Å²) in [4.78, 5) is 16.1. The lowest BCUT2D eigenvalue weighted by atomic mass is 10.1. The van der Waals surface area contributed by atoms with E-state index in [2.05, 4.69) is 30.4 Å². The van der Waals surface area contributed by atoms with E-state index in [1.165, 1.54) is 17.3 Å². The number of anilines is 1. The number of rotatable bonds is 6. The van der Waals surface area contributed by atoms with Gasteiger partial charge in [-0.05, 0) is 32.4 Å². The first-order valence-corrected chi connectivity index (χ1v) is 6.52. The summed E-state index contributed by atoms with van der Waals surface area (Å²) in [6.07, 6.45) is 2.88. The van der Waals surface area contributed by atoms with Gasteiger partial charge in [-0.1, -0.05) is 0 Å². The van der Waals surface area contributed by atoms with E-state index in [1.54, 1.807) is 0 Å². The van der Waals surface area contributed by atoms with E-state index in [0.29, 0.717) is 25.0 Å². The van der Waals surface area contributed by atoms with Crippen LogP contribution in [0.15, 0.2) is 12.7 Å². The first-order valence-electron chi connectivity index (χ1n) is 6.14. The molecule has 0 atom stereocenters. The molecule has 0 aliphatic carbocycles. The fraction of sp³-hybridized carbons (Fsp3) is 0.545. The van der Waals surface area contributed by atoms with Gasteiger partial charge in [0.2, 0.25) is 11.2 Å². The second-order valence-electron chi connectivity index (χ2n) is 4.61. The molecule has 0 fully saturated rings. The van der Waals surface area contributed by atoms with Crippen molar-refractivity contribution in [2.45, 2.75) is 26.4 Å². The third kappa shape index (κ3) is 3.84. The van der Waals surface area contributed by atoms with Crippen LogP contribution in [0.2, 0.25) is 5.28 Å². The fourth-order valence-corrected chi connectivity index (χ4v) is 1.72. The number of nitrogens with zero attached hydrogens (tertiary/aromatic N) is 6. The number of hydrogen-bond acceptors (Lipinski definition) is 7. The number of halogens is 1. The van der Waals surface area contributed by atoms with Crippen LogP contribution in [0.4, 0.5) is 5.95 Å². The van der Waals surface area contributed by atoms with Crippen LogP contribution in [0.3, 0.4) is 0 Å².